The van der Waals surface area contributed by atoms with Crippen molar-refractivity contribution in [2.75, 3.05) is 48.8 Å². The van der Waals surface area contributed by atoms with Crippen molar-refractivity contribution in [3.63, 3.8) is 0 Å². The first kappa shape index (κ1) is 28.5. The Morgan fingerprint density at radius 3 is 2.42 bits per heavy atom. The van der Waals surface area contributed by atoms with Crippen molar-refractivity contribution >= 4 is 39.8 Å². The molecular formula is C34H30F2N6O3. The predicted molar refractivity (Wildman–Crippen MR) is 170 cm³/mol. The first-order valence-electron chi connectivity index (χ1n) is 14.6. The molecule has 1 fully saturated rings. The maximum Gasteiger partial charge on any atom is 0.586 e. The molecular weight excluding hydrogens is 578 g/mol. The predicted octanol–water partition coefficient (Wildman–Crippen LogP) is 6.67. The lowest BCUT2D eigenvalue weighted by molar-refractivity contribution is -0.286. The second-order valence-electron chi connectivity index (χ2n) is 11.2. The second kappa shape index (κ2) is 11.3. The van der Waals surface area contributed by atoms with E-state index in [0.29, 0.717) is 11.6 Å². The maximum atomic E-state index is 13.4. The Hall–Kier alpha value is -5.29. The first-order chi connectivity index (χ1) is 21.7. The zero-order chi connectivity index (χ0) is 31.1. The highest BCUT2D eigenvalue weighted by atomic mass is 19.3. The Kier molecular flexibility index (Phi) is 7.17. The average molecular weight is 609 g/mol. The van der Waals surface area contributed by atoms with Crippen molar-refractivity contribution in [1.29, 1.82) is 0 Å². The summed E-state index contributed by atoms with van der Waals surface area (Å²) in [5.41, 5.74) is 6.50. The molecule has 9 nitrogen and oxygen atoms in total. The van der Waals surface area contributed by atoms with Crippen LogP contribution in [0.2, 0.25) is 0 Å². The molecule has 11 heteroatoms. The second-order valence-corrected chi connectivity index (χ2v) is 11.2. The third-order valence-electron chi connectivity index (χ3n) is 8.04. The zero-order valence-corrected chi connectivity index (χ0v) is 24.7. The minimum Gasteiger partial charge on any atom is -0.395 e. The number of carbonyl (C=O) groups excluding carboxylic acids is 1. The molecule has 0 aliphatic carbocycles. The number of ether oxygens (including phenoxy) is 2. The number of aromatic nitrogens is 2. The van der Waals surface area contributed by atoms with Gasteiger partial charge in [0.25, 0.3) is 5.91 Å². The number of benzene rings is 4. The lowest BCUT2D eigenvalue weighted by atomic mass is 9.98. The van der Waals surface area contributed by atoms with Crippen LogP contribution in [-0.4, -0.2) is 60.3 Å². The minimum absolute atomic E-state index is 0.118. The molecule has 7 rings (SSSR count). The Morgan fingerprint density at radius 1 is 0.867 bits per heavy atom. The number of halogens is 2. The highest BCUT2D eigenvalue weighted by Crippen LogP contribution is 2.41. The number of nitrogens with one attached hydrogen (secondary N) is 2. The summed E-state index contributed by atoms with van der Waals surface area (Å²) < 4.78 is 35.7. The number of amides is 1. The van der Waals surface area contributed by atoms with Crippen LogP contribution in [0.3, 0.4) is 0 Å². The monoisotopic (exact) mass is 608 g/mol. The molecule has 0 saturated carbocycles. The summed E-state index contributed by atoms with van der Waals surface area (Å²) in [6.45, 7) is 6.14. The van der Waals surface area contributed by atoms with Gasteiger partial charge in [0, 0.05) is 60.4 Å². The maximum absolute atomic E-state index is 13.4. The standard InChI is InChI=1S/C34H30F2N6O3/c1-21-3-6-26(38-32(43)23-5-12-30-31(18-23)45-34(35,36)44-30)19-28(21)22-4-11-29-24(17-22)20-37-33(40-29)39-25-7-9-27(10-8-25)42-15-13-41(2)14-16-42/h3-12,17-20H,13-16H2,1-2H3,(H,38,43)(H,37,39,40). The Labute approximate surface area is 258 Å². The van der Waals surface area contributed by atoms with E-state index in [1.165, 1.54) is 23.9 Å². The molecule has 5 aromatic rings. The number of piperazine rings is 1. The van der Waals surface area contributed by atoms with Crippen molar-refractivity contribution in [3.8, 4) is 22.6 Å². The van der Waals surface area contributed by atoms with Gasteiger partial charge in [-0.1, -0.05) is 12.1 Å². The largest absolute Gasteiger partial charge is 0.586 e. The number of carbonyl (C=O) groups is 1. The SMILES string of the molecule is Cc1ccc(NC(=O)c2ccc3c(c2)OC(F)(F)O3)cc1-c1ccc2nc(Nc3ccc(N4CCN(C)CC4)cc3)ncc2c1. The topological polar surface area (TPSA) is 91.8 Å². The third-order valence-corrected chi connectivity index (χ3v) is 8.04. The summed E-state index contributed by atoms with van der Waals surface area (Å²) in [5.74, 6) is -0.260. The van der Waals surface area contributed by atoms with E-state index in [2.05, 4.69) is 54.1 Å². The molecule has 2 N–H and O–H groups in total. The number of likely N-dealkylation sites (N-methyl/N-ethyl adjacent to an activating group) is 1. The van der Waals surface area contributed by atoms with Crippen LogP contribution < -0.4 is 25.0 Å². The molecule has 0 bridgehead atoms. The first-order valence-corrected chi connectivity index (χ1v) is 14.6. The van der Waals surface area contributed by atoms with Gasteiger partial charge in [0.2, 0.25) is 5.95 Å². The van der Waals surface area contributed by atoms with Crippen molar-refractivity contribution in [3.05, 3.63) is 96.2 Å². The quantitative estimate of drug-likeness (QED) is 0.221. The lowest BCUT2D eigenvalue weighted by Crippen LogP contribution is -2.44. The van der Waals surface area contributed by atoms with E-state index in [1.54, 1.807) is 12.3 Å². The van der Waals surface area contributed by atoms with Gasteiger partial charge in [-0.3, -0.25) is 4.79 Å². The molecule has 0 atom stereocenters. The fraction of sp³-hybridized carbons (Fsp3) is 0.206. The van der Waals surface area contributed by atoms with Crippen molar-refractivity contribution in [1.82, 2.24) is 14.9 Å². The van der Waals surface area contributed by atoms with Crippen LogP contribution in [0.25, 0.3) is 22.0 Å². The number of nitrogens with zero attached hydrogens (tertiary/aromatic N) is 4. The van der Waals surface area contributed by atoms with Crippen LogP contribution >= 0.6 is 0 Å². The van der Waals surface area contributed by atoms with Crippen molar-refractivity contribution < 1.29 is 23.0 Å². The number of aryl methyl sites for hydroxylation is 1. The van der Waals surface area contributed by atoms with Gasteiger partial charge in [-0.15, -0.1) is 8.78 Å². The summed E-state index contributed by atoms with van der Waals surface area (Å²) in [6.07, 6.45) is -1.96. The van der Waals surface area contributed by atoms with Crippen LogP contribution in [0.15, 0.2) is 85.1 Å². The lowest BCUT2D eigenvalue weighted by Gasteiger charge is -2.34. The number of anilines is 4. The van der Waals surface area contributed by atoms with E-state index in [4.69, 9.17) is 4.98 Å². The van der Waals surface area contributed by atoms with Gasteiger partial charge in [0.15, 0.2) is 11.5 Å². The fourth-order valence-electron chi connectivity index (χ4n) is 5.51. The van der Waals surface area contributed by atoms with Gasteiger partial charge in [-0.05, 0) is 97.4 Å². The summed E-state index contributed by atoms with van der Waals surface area (Å²) >= 11 is 0. The van der Waals surface area contributed by atoms with Gasteiger partial charge in [0.1, 0.15) is 0 Å². The molecule has 228 valence electrons. The van der Waals surface area contributed by atoms with E-state index in [1.807, 2.05) is 49.4 Å². The highest BCUT2D eigenvalue weighted by molar-refractivity contribution is 6.05. The third kappa shape index (κ3) is 6.07. The van der Waals surface area contributed by atoms with Crippen molar-refractivity contribution in [2.24, 2.45) is 0 Å². The molecule has 4 aromatic carbocycles. The molecule has 2 aliphatic rings. The Bertz CT molecular complexity index is 1910. The molecule has 0 radical (unpaired) electrons. The molecule has 0 unspecified atom stereocenters. The Morgan fingerprint density at radius 2 is 1.62 bits per heavy atom. The van der Waals surface area contributed by atoms with E-state index in [0.717, 1.165) is 59.5 Å². The summed E-state index contributed by atoms with van der Waals surface area (Å²) in [7, 11) is 2.15. The minimum atomic E-state index is -3.75. The van der Waals surface area contributed by atoms with Gasteiger partial charge in [-0.2, -0.15) is 0 Å². The van der Waals surface area contributed by atoms with E-state index >= 15 is 0 Å². The number of rotatable bonds is 6. The molecule has 45 heavy (non-hydrogen) atoms. The Balaban J connectivity index is 1.05. The normalized spacial score (nSPS) is 15.7. The summed E-state index contributed by atoms with van der Waals surface area (Å²) in [5, 5.41) is 7.01. The van der Waals surface area contributed by atoms with Crippen LogP contribution in [0.5, 0.6) is 11.5 Å². The molecule has 2 aliphatic heterocycles. The van der Waals surface area contributed by atoms with E-state index in [-0.39, 0.29) is 17.1 Å². The summed E-state index contributed by atoms with van der Waals surface area (Å²) in [6, 6.07) is 23.8. The number of alkyl halides is 2. The smallest absolute Gasteiger partial charge is 0.395 e. The number of hydrogen-bond acceptors (Lipinski definition) is 8. The zero-order valence-electron chi connectivity index (χ0n) is 24.7. The molecule has 1 amide bonds. The van der Waals surface area contributed by atoms with Crippen LogP contribution in [0, 0.1) is 6.92 Å². The van der Waals surface area contributed by atoms with Gasteiger partial charge in [-0.25, -0.2) is 9.97 Å². The van der Waals surface area contributed by atoms with Gasteiger partial charge >= 0.3 is 6.29 Å². The van der Waals surface area contributed by atoms with Crippen molar-refractivity contribution in [2.45, 2.75) is 13.2 Å². The molecule has 3 heterocycles. The highest BCUT2D eigenvalue weighted by Gasteiger charge is 2.43. The molecule has 1 aromatic heterocycles. The van der Waals surface area contributed by atoms with E-state index in [9.17, 15) is 13.6 Å². The van der Waals surface area contributed by atoms with Gasteiger partial charge < -0.3 is 29.9 Å². The fourth-order valence-corrected chi connectivity index (χ4v) is 5.51. The molecule has 1 saturated heterocycles. The van der Waals surface area contributed by atoms with Gasteiger partial charge in [0.05, 0.1) is 5.52 Å². The number of fused-ring (bicyclic) bond motifs is 2. The van der Waals surface area contributed by atoms with E-state index < -0.39 is 12.2 Å². The van der Waals surface area contributed by atoms with Crippen LogP contribution in [-0.2, 0) is 0 Å². The average Bonchev–Trinajstić information content (AvgIpc) is 3.35. The summed E-state index contributed by atoms with van der Waals surface area (Å²) in [4.78, 5) is 26.9. The number of hydrogen-bond donors (Lipinski definition) is 2. The molecule has 0 spiro atoms. The van der Waals surface area contributed by atoms with Crippen LogP contribution in [0.1, 0.15) is 15.9 Å². The van der Waals surface area contributed by atoms with Crippen LogP contribution in [0.4, 0.5) is 31.8 Å².